The van der Waals surface area contributed by atoms with Crippen molar-refractivity contribution in [3.8, 4) is 0 Å². The van der Waals surface area contributed by atoms with Crippen LogP contribution in [0.15, 0.2) is 109 Å². The van der Waals surface area contributed by atoms with Gasteiger partial charge in [0.05, 0.1) is 48.4 Å². The average molecular weight is 968 g/mol. The Hall–Kier alpha value is -4.16. The Kier molecular flexibility index (Phi) is 13.6. The van der Waals surface area contributed by atoms with Gasteiger partial charge in [-0.1, -0.05) is 261 Å². The van der Waals surface area contributed by atoms with Gasteiger partial charge in [0.25, 0.3) is 0 Å². The van der Waals surface area contributed by atoms with Crippen LogP contribution < -0.4 is 31.3 Å². The number of hydrogen-bond acceptors (Lipinski definition) is 0. The predicted octanol–water partition coefficient (Wildman–Crippen LogP) is 14.2. The van der Waals surface area contributed by atoms with E-state index in [4.69, 9.17) is 0 Å². The second-order valence-electron chi connectivity index (χ2n) is 25.7. The molecule has 6 heteroatoms. The summed E-state index contributed by atoms with van der Waals surface area (Å²) in [4.78, 5) is 0. The van der Waals surface area contributed by atoms with Crippen molar-refractivity contribution >= 4 is 147 Å². The molecule has 0 saturated carbocycles. The van der Waals surface area contributed by atoms with E-state index in [1.807, 2.05) is 0 Å². The van der Waals surface area contributed by atoms with Gasteiger partial charge in [-0.15, -0.1) is 0 Å². The lowest BCUT2D eigenvalue weighted by Crippen LogP contribution is -2.36. The molecule has 0 aliphatic heterocycles. The van der Waals surface area contributed by atoms with Crippen LogP contribution in [0.5, 0.6) is 0 Å². The highest BCUT2D eigenvalue weighted by molar-refractivity contribution is 6.91. The van der Waals surface area contributed by atoms with Crippen molar-refractivity contribution in [2.24, 2.45) is 0 Å². The van der Waals surface area contributed by atoms with Gasteiger partial charge in [0.2, 0.25) is 0 Å². The van der Waals surface area contributed by atoms with Gasteiger partial charge in [-0.05, 0) is 95.9 Å². The first-order chi connectivity index (χ1) is 30.5. The van der Waals surface area contributed by atoms with E-state index in [2.05, 4.69) is 261 Å². The van der Waals surface area contributed by atoms with Crippen LogP contribution in [0.25, 0.3) is 98.8 Å². The van der Waals surface area contributed by atoms with Crippen LogP contribution in [0.3, 0.4) is 0 Å². The van der Waals surface area contributed by atoms with E-state index in [-0.39, 0.29) is 0 Å². The van der Waals surface area contributed by atoms with Crippen LogP contribution >= 0.6 is 0 Å². The largest absolute Gasteiger partial charge is 0.0867 e. The standard InChI is InChI=1S/C60H78Si6/c1-61(2,3)37-55-49-31-32-51(44-26-20-19-25-43(44)49)57(39-63(7,8)9)59(41-65(13,14)15)53-35-36-54(48-30-24-23-29-47(48)53)60(42-66(16,17)18)58(40-64(10,11)12)52-34-33-50(56(55)38-62(4,5)6)45-27-21-22-28-46(45)52/h19-42H,1-18H3/b55-37+,56-38+,57-39+,58-40+,59-41+,60-42+. The van der Waals surface area contributed by atoms with Crippen molar-refractivity contribution in [2.45, 2.75) is 118 Å². The molecule has 0 aliphatic carbocycles. The molecule has 0 nitrogen and oxygen atoms in total. The molecule has 0 heterocycles. The summed E-state index contributed by atoms with van der Waals surface area (Å²) in [5.74, 6) is 0. The fraction of sp³-hybridized carbons (Fsp3) is 0.300. The van der Waals surface area contributed by atoms with Gasteiger partial charge in [-0.25, -0.2) is 0 Å². The molecule has 0 aliphatic rings. The molecule has 0 radical (unpaired) electrons. The van der Waals surface area contributed by atoms with Gasteiger partial charge in [-0.3, -0.25) is 0 Å². The molecular formula is C60H78Si6. The first kappa shape index (κ1) is 49.7. The molecule has 66 heavy (non-hydrogen) atoms. The SMILES string of the molecule is C[Si](C)(C)/C=c1/c(=C/[Si](C)(C)C)c2ccc(c(=C\[Si](C)(C)C)/c(=C/[Si](C)(C)C)c3ccc(c(=C\[Si](C)(C)C)/c(=C/[Si](C)(C)C)c4ccc1c1ccccc41)c1ccccc31)c1ccccc21. The molecule has 0 aromatic heterocycles. The number of rotatable bonds is 6. The molecule has 0 saturated heterocycles. The molecule has 342 valence electrons. The second kappa shape index (κ2) is 18.1. The van der Waals surface area contributed by atoms with E-state index in [1.165, 1.54) is 95.9 Å². The number of benzene rings is 6. The highest BCUT2D eigenvalue weighted by Gasteiger charge is 2.19. The maximum atomic E-state index is 2.72. The molecule has 10 aromatic rings. The number of hydrogen-bond donors (Lipinski definition) is 0. The molecule has 10 aromatic carbocycles. The quantitative estimate of drug-likeness (QED) is 0.146. The van der Waals surface area contributed by atoms with Crippen molar-refractivity contribution < 1.29 is 0 Å². The Morgan fingerprint density at radius 3 is 0.409 bits per heavy atom. The molecule has 0 N–H and O–H groups in total. The van der Waals surface area contributed by atoms with Crippen LogP contribution in [0.1, 0.15) is 0 Å². The molecule has 0 atom stereocenters. The van der Waals surface area contributed by atoms with Gasteiger partial charge >= 0.3 is 0 Å². The zero-order chi connectivity index (χ0) is 48.4. The summed E-state index contributed by atoms with van der Waals surface area (Å²) in [5.41, 5.74) is 16.3. The van der Waals surface area contributed by atoms with Gasteiger partial charge in [0.15, 0.2) is 0 Å². The fourth-order valence-electron chi connectivity index (χ4n) is 9.71. The molecule has 0 unspecified atom stereocenters. The minimum Gasteiger partial charge on any atom is -0.0867 e. The third-order valence-corrected chi connectivity index (χ3v) is 18.8. The molecule has 0 spiro atoms. The van der Waals surface area contributed by atoms with Crippen molar-refractivity contribution in [3.63, 3.8) is 0 Å². The second-order valence-corrected chi connectivity index (χ2v) is 55.8. The van der Waals surface area contributed by atoms with E-state index in [0.717, 1.165) is 0 Å². The van der Waals surface area contributed by atoms with Gasteiger partial charge in [0.1, 0.15) is 0 Å². The Labute approximate surface area is 402 Å². The summed E-state index contributed by atoms with van der Waals surface area (Å²) in [6.45, 7) is 45.1. The monoisotopic (exact) mass is 966 g/mol. The Morgan fingerprint density at radius 1 is 0.182 bits per heavy atom. The van der Waals surface area contributed by atoms with E-state index in [0.29, 0.717) is 0 Å². The van der Waals surface area contributed by atoms with Crippen molar-refractivity contribution in [2.75, 3.05) is 0 Å². The van der Waals surface area contributed by atoms with Crippen molar-refractivity contribution in [1.82, 2.24) is 0 Å². The summed E-state index contributed by atoms with van der Waals surface area (Å²) >= 11 is 0. The van der Waals surface area contributed by atoms with Crippen molar-refractivity contribution in [3.05, 3.63) is 141 Å². The summed E-state index contributed by atoms with van der Waals surface area (Å²) in [6.07, 6.45) is 0. The fourth-order valence-corrected chi connectivity index (χ4v) is 16.8. The van der Waals surface area contributed by atoms with Crippen LogP contribution in [-0.2, 0) is 0 Å². The van der Waals surface area contributed by atoms with Gasteiger partial charge in [0, 0.05) is 0 Å². The lowest BCUT2D eigenvalue weighted by atomic mass is 9.96. The minimum atomic E-state index is -1.80. The first-order valence-corrected chi connectivity index (χ1v) is 45.9. The summed E-state index contributed by atoms with van der Waals surface area (Å²) in [5, 5.41) is 24.4. The summed E-state index contributed by atoms with van der Waals surface area (Å²) < 4.78 is 0. The Bertz CT molecular complexity index is 2960. The molecular weight excluding hydrogens is 889 g/mol. The first-order valence-electron chi connectivity index (χ1n) is 24.4. The molecule has 6 bridgehead atoms. The Balaban J connectivity index is 2.11. The topological polar surface area (TPSA) is 0 Å². The molecule has 0 fully saturated rings. The van der Waals surface area contributed by atoms with Crippen molar-refractivity contribution in [1.29, 1.82) is 0 Å². The van der Waals surface area contributed by atoms with Crippen LogP contribution in [0.2, 0.25) is 118 Å². The zero-order valence-corrected chi connectivity index (χ0v) is 49.9. The summed E-state index contributed by atoms with van der Waals surface area (Å²) in [6, 6.07) is 43.1. The van der Waals surface area contributed by atoms with Crippen LogP contribution in [0.4, 0.5) is 0 Å². The van der Waals surface area contributed by atoms with E-state index < -0.39 is 48.4 Å². The lowest BCUT2D eigenvalue weighted by Gasteiger charge is -2.16. The predicted molar refractivity (Wildman–Crippen MR) is 323 cm³/mol. The third-order valence-electron chi connectivity index (χ3n) is 11.8. The third kappa shape index (κ3) is 11.6. The Morgan fingerprint density at radius 2 is 0.303 bits per heavy atom. The smallest absolute Gasteiger partial charge is 0.0695 e. The van der Waals surface area contributed by atoms with Gasteiger partial charge in [-0.2, -0.15) is 0 Å². The molecule has 0 amide bonds. The summed E-state index contributed by atoms with van der Waals surface area (Å²) in [7, 11) is -10.8. The van der Waals surface area contributed by atoms with E-state index in [9.17, 15) is 0 Å². The average Bonchev–Trinajstić information content (AvgIpc) is 3.18. The highest BCUT2D eigenvalue weighted by Crippen LogP contribution is 2.26. The lowest BCUT2D eigenvalue weighted by molar-refractivity contribution is 1.61. The maximum Gasteiger partial charge on any atom is 0.0695 e. The van der Waals surface area contributed by atoms with E-state index >= 15 is 0 Å². The normalized spacial score (nSPS) is 15.4. The maximum absolute atomic E-state index is 2.72. The van der Waals surface area contributed by atoms with Crippen LogP contribution in [0, 0.1) is 0 Å². The zero-order valence-electron chi connectivity index (χ0n) is 43.9. The van der Waals surface area contributed by atoms with E-state index in [1.54, 1.807) is 0 Å². The van der Waals surface area contributed by atoms with Crippen LogP contribution in [-0.4, -0.2) is 48.4 Å². The minimum absolute atomic E-state index is 1.33. The molecule has 10 rings (SSSR count). The highest BCUT2D eigenvalue weighted by atomic mass is 28.3. The van der Waals surface area contributed by atoms with Gasteiger partial charge < -0.3 is 0 Å².